The quantitative estimate of drug-likeness (QED) is 0.0114. The molecule has 1 aromatic heterocycles. The number of urea groups is 2. The normalized spacial score (nSPS) is 16.9. The molecule has 3 fully saturated rings. The molecule has 16 N–H and O–H groups in total. The molecular formula is C82H105ClN18O14. The number of likely N-dealkylation sites (tertiary alicyclic amines) is 1. The standard InChI is InChI=1S/C82H105ClN18O14/c1-6-99(7-2)81(113)90-60-30-25-52(26-31-60)42-63(72(105)92-62(39-49(3)4)71(104)91-61(16-11-33-88-80(85)86)78(111)100-34-12-17-68(100)76(109)89-50(5)70(84)103)93-73(106)64(41-51-18-20-54(21-19-51)47-98-35-37-115-38-36-98)94-75(108)67(48-102)96-74(107)65(44-56-13-10-32-87-46-56)95-77(110)69(45-53-23-28-59(83)29-24-53)101-79(112)66(97-82(101)114)43-55-22-27-57-14-8-9-15-58(57)40-55/h8-10,13-15,18-32,40,46,49-50,61-69,102H,6-7,11-12,16-17,33-39,41-45,47-48H2,1-5H3,(H2,84,103)(H,89,109)(H,90,113)(H,91,104)(H,92,105)(H,93,106)(H,94,108)(H,95,110)(H,96,107)(H,97,114)(H4,85,86,88)/t50-,61+,62+,63-,64+,65-,66?,67+,68+,69?/m1/s1. The molecule has 3 aliphatic heterocycles. The number of benzene rings is 5. The van der Waals surface area contributed by atoms with Gasteiger partial charge in [0, 0.05) is 101 Å². The van der Waals surface area contributed by atoms with Crippen molar-refractivity contribution < 1.29 is 67.4 Å². The van der Waals surface area contributed by atoms with Crippen LogP contribution in [0.3, 0.4) is 0 Å². The van der Waals surface area contributed by atoms with Crippen LogP contribution in [0.25, 0.3) is 10.8 Å². The van der Waals surface area contributed by atoms with Gasteiger partial charge in [-0.2, -0.15) is 0 Å². The van der Waals surface area contributed by atoms with Crippen LogP contribution in [0.15, 0.2) is 140 Å². The predicted molar refractivity (Wildman–Crippen MR) is 431 cm³/mol. The molecule has 10 atom stereocenters. The smallest absolute Gasteiger partial charge is 0.325 e. The molecule has 115 heavy (non-hydrogen) atoms. The summed E-state index contributed by atoms with van der Waals surface area (Å²) in [5.74, 6) is -9.11. The van der Waals surface area contributed by atoms with Crippen LogP contribution < -0.4 is 64.6 Å². The van der Waals surface area contributed by atoms with E-state index in [4.69, 9.17) is 33.2 Å². The number of amides is 14. The van der Waals surface area contributed by atoms with E-state index in [9.17, 15) is 38.7 Å². The van der Waals surface area contributed by atoms with E-state index in [-0.39, 0.29) is 88.8 Å². The first-order valence-corrected chi connectivity index (χ1v) is 39.2. The number of aliphatic hydroxyl groups is 1. The Morgan fingerprint density at radius 2 is 1.18 bits per heavy atom. The lowest BCUT2D eigenvalue weighted by Gasteiger charge is -2.31. The summed E-state index contributed by atoms with van der Waals surface area (Å²) in [6.07, 6.45) is 2.78. The largest absolute Gasteiger partial charge is 0.394 e. The third-order valence-corrected chi connectivity index (χ3v) is 20.6. The number of imide groups is 1. The van der Waals surface area contributed by atoms with Gasteiger partial charge in [0.2, 0.25) is 53.2 Å². The Kier molecular flexibility index (Phi) is 32.3. The van der Waals surface area contributed by atoms with Crippen LogP contribution in [0.4, 0.5) is 15.3 Å². The SMILES string of the molecule is CCN(CC)C(=O)Nc1ccc(C[C@@H](NC(=O)[C@H](Cc2ccc(CN3CCOCC3)cc2)NC(=O)[C@H](CO)NC(=O)[C@@H](Cc2cccnc2)NC(=O)C(Cc2ccc(Cl)cc2)N2C(=O)NC(Cc3ccc4ccccc4c3)C2=O)C(=O)N[C@@H](CC(C)C)C(=O)N[C@@H](CCCNC(=N)N)C(=O)N2CCC[C@H]2C(=O)N[C@H](C)C(N)=O)cc1. The number of primary amides is 1. The van der Waals surface area contributed by atoms with Crippen molar-refractivity contribution in [1.82, 2.24) is 72.4 Å². The first-order chi connectivity index (χ1) is 55.2. The number of aliphatic hydroxyl groups excluding tert-OH is 1. The molecule has 3 aliphatic rings. The first kappa shape index (κ1) is 87.4. The number of ether oxygens (including phenoxy) is 1. The monoisotopic (exact) mass is 1600 g/mol. The molecule has 5 aromatic carbocycles. The van der Waals surface area contributed by atoms with Gasteiger partial charge in [0.05, 0.1) is 19.8 Å². The molecule has 614 valence electrons. The maximum atomic E-state index is 15.5. The Morgan fingerprint density at radius 1 is 0.635 bits per heavy atom. The fourth-order valence-electron chi connectivity index (χ4n) is 14.0. The van der Waals surface area contributed by atoms with E-state index >= 15 is 24.0 Å². The van der Waals surface area contributed by atoms with E-state index in [0.717, 1.165) is 26.8 Å². The summed E-state index contributed by atoms with van der Waals surface area (Å²) in [5.41, 5.74) is 15.0. The van der Waals surface area contributed by atoms with Gasteiger partial charge in [-0.3, -0.25) is 63.2 Å². The molecule has 32 nitrogen and oxygen atoms in total. The van der Waals surface area contributed by atoms with Gasteiger partial charge in [-0.15, -0.1) is 0 Å². The molecule has 14 amide bonds. The number of aromatic nitrogens is 1. The minimum Gasteiger partial charge on any atom is -0.394 e. The minimum atomic E-state index is -1.85. The number of carbonyl (C=O) groups excluding carboxylic acids is 12. The molecule has 0 spiro atoms. The number of hydrogen-bond acceptors (Lipinski definition) is 17. The number of nitrogens with zero attached hydrogens (tertiary/aromatic N) is 5. The number of guanidine groups is 1. The summed E-state index contributed by atoms with van der Waals surface area (Å²) < 4.78 is 5.56. The van der Waals surface area contributed by atoms with Crippen molar-refractivity contribution in [1.29, 1.82) is 5.41 Å². The van der Waals surface area contributed by atoms with Gasteiger partial charge < -0.3 is 84.3 Å². The summed E-state index contributed by atoms with van der Waals surface area (Å²) in [7, 11) is 0. The second kappa shape index (κ2) is 42.5. The molecule has 4 heterocycles. The zero-order chi connectivity index (χ0) is 82.8. The number of rotatable bonds is 39. The zero-order valence-electron chi connectivity index (χ0n) is 65.3. The Balaban J connectivity index is 1.01. The van der Waals surface area contributed by atoms with Crippen molar-refractivity contribution in [2.24, 2.45) is 17.4 Å². The number of nitrogens with one attached hydrogen (secondary N) is 11. The highest BCUT2D eigenvalue weighted by molar-refractivity contribution is 6.30. The third kappa shape index (κ3) is 25.4. The van der Waals surface area contributed by atoms with Crippen LogP contribution in [-0.4, -0.2) is 226 Å². The van der Waals surface area contributed by atoms with E-state index in [2.05, 4.69) is 63.1 Å². The number of halogens is 1. The van der Waals surface area contributed by atoms with E-state index in [1.165, 1.54) is 24.2 Å². The fourth-order valence-corrected chi connectivity index (χ4v) is 14.1. The van der Waals surface area contributed by atoms with E-state index in [0.29, 0.717) is 85.3 Å². The number of nitrogens with two attached hydrogens (primary N) is 2. The minimum absolute atomic E-state index is 0.0139. The third-order valence-electron chi connectivity index (χ3n) is 20.4. The second-order valence-electron chi connectivity index (χ2n) is 29.4. The molecule has 0 radical (unpaired) electrons. The Labute approximate surface area is 672 Å². The number of fused-ring (bicyclic) bond motifs is 1. The van der Waals surface area contributed by atoms with Gasteiger partial charge in [-0.25, -0.2) is 14.5 Å². The van der Waals surface area contributed by atoms with Crippen molar-refractivity contribution in [3.63, 3.8) is 0 Å². The maximum Gasteiger partial charge on any atom is 0.325 e. The van der Waals surface area contributed by atoms with Gasteiger partial charge in [0.1, 0.15) is 60.4 Å². The van der Waals surface area contributed by atoms with E-state index in [1.807, 2.05) is 68.4 Å². The van der Waals surface area contributed by atoms with Crippen LogP contribution in [0, 0.1) is 11.3 Å². The van der Waals surface area contributed by atoms with Crippen LogP contribution >= 0.6 is 11.6 Å². The maximum absolute atomic E-state index is 15.5. The topological polar surface area (TPSA) is 456 Å². The molecule has 0 aliphatic carbocycles. The van der Waals surface area contributed by atoms with Gasteiger partial charge in [0.15, 0.2) is 5.96 Å². The second-order valence-corrected chi connectivity index (χ2v) is 29.8. The molecular weight excluding hydrogens is 1500 g/mol. The lowest BCUT2D eigenvalue weighted by atomic mass is 9.99. The Bertz CT molecular complexity index is 4400. The van der Waals surface area contributed by atoms with Gasteiger partial charge in [-0.1, -0.05) is 123 Å². The molecule has 2 unspecified atom stereocenters. The van der Waals surface area contributed by atoms with Crippen LogP contribution in [0.5, 0.6) is 0 Å². The highest BCUT2D eigenvalue weighted by Crippen LogP contribution is 2.25. The molecule has 33 heteroatoms. The highest BCUT2D eigenvalue weighted by atomic mass is 35.5. The van der Waals surface area contributed by atoms with Crippen molar-refractivity contribution in [3.05, 3.63) is 178 Å². The highest BCUT2D eigenvalue weighted by Gasteiger charge is 2.46. The van der Waals surface area contributed by atoms with E-state index < -0.39 is 132 Å². The molecule has 0 saturated carbocycles. The summed E-state index contributed by atoms with van der Waals surface area (Å²) in [6, 6.07) is 21.4. The summed E-state index contributed by atoms with van der Waals surface area (Å²) in [4.78, 5) is 183. The van der Waals surface area contributed by atoms with Crippen LogP contribution in [0.1, 0.15) is 100 Å². The lowest BCUT2D eigenvalue weighted by Crippen LogP contribution is -2.61. The van der Waals surface area contributed by atoms with Gasteiger partial charge in [0.25, 0.3) is 5.91 Å². The summed E-state index contributed by atoms with van der Waals surface area (Å²) in [6.45, 7) is 11.8. The molecule has 0 bridgehead atoms. The van der Waals surface area contributed by atoms with Crippen molar-refractivity contribution in [2.45, 2.75) is 166 Å². The summed E-state index contributed by atoms with van der Waals surface area (Å²) >= 11 is 6.29. The molecule has 9 rings (SSSR count). The number of morpholine rings is 1. The van der Waals surface area contributed by atoms with Crippen molar-refractivity contribution >= 4 is 105 Å². The average Bonchev–Trinajstić information content (AvgIpc) is 1.66. The molecule has 6 aromatic rings. The first-order valence-electron chi connectivity index (χ1n) is 38.9. The van der Waals surface area contributed by atoms with Crippen LogP contribution in [-0.2, 0) is 91.3 Å². The number of hydrogen-bond donors (Lipinski definition) is 14. The van der Waals surface area contributed by atoms with Crippen molar-refractivity contribution in [2.75, 3.05) is 64.4 Å². The Hall–Kier alpha value is -11.6. The average molecular weight is 1600 g/mol. The predicted octanol–water partition coefficient (Wildman–Crippen LogP) is 2.59. The fraction of sp³-hybridized carbons (Fsp3) is 0.439. The molecule has 3 saturated heterocycles. The van der Waals surface area contributed by atoms with Crippen molar-refractivity contribution in [3.8, 4) is 0 Å². The van der Waals surface area contributed by atoms with Gasteiger partial charge in [-0.05, 0) is 133 Å². The number of carbonyl (C=O) groups is 12. The van der Waals surface area contributed by atoms with E-state index in [1.54, 1.807) is 91.5 Å². The number of pyridine rings is 1. The number of anilines is 1. The Morgan fingerprint density at radius 3 is 1.78 bits per heavy atom. The zero-order valence-corrected chi connectivity index (χ0v) is 66.1. The van der Waals surface area contributed by atoms with Gasteiger partial charge >= 0.3 is 12.1 Å². The summed E-state index contributed by atoms with van der Waals surface area (Å²) in [5, 5.41) is 48.5. The lowest BCUT2D eigenvalue weighted by molar-refractivity contribution is -0.142. The van der Waals surface area contributed by atoms with Crippen LogP contribution in [0.2, 0.25) is 5.02 Å².